The molecular formula is C20H23BrN2O5. The monoisotopic (exact) mass is 450 g/mol. The molecule has 0 spiro atoms. The third-order valence-corrected chi connectivity index (χ3v) is 4.24. The van der Waals surface area contributed by atoms with Crippen molar-refractivity contribution in [3.8, 4) is 23.0 Å². The summed E-state index contributed by atoms with van der Waals surface area (Å²) in [6.45, 7) is 4.82. The fourth-order valence-corrected chi connectivity index (χ4v) is 3.00. The zero-order chi connectivity index (χ0) is 20.5. The van der Waals surface area contributed by atoms with Crippen LogP contribution < -0.4 is 24.4 Å². The van der Waals surface area contributed by atoms with E-state index in [2.05, 4.69) is 26.5 Å². The number of hydrogen-bond donors (Lipinski definition) is 1. The summed E-state index contributed by atoms with van der Waals surface area (Å²) in [7, 11) is 3.03. The molecule has 0 saturated carbocycles. The van der Waals surface area contributed by atoms with Crippen LogP contribution in [-0.4, -0.2) is 39.6 Å². The van der Waals surface area contributed by atoms with E-state index in [-0.39, 0.29) is 0 Å². The molecule has 2 aromatic carbocycles. The summed E-state index contributed by atoms with van der Waals surface area (Å²) in [5.74, 6) is 1.83. The second-order valence-corrected chi connectivity index (χ2v) is 6.32. The van der Waals surface area contributed by atoms with E-state index in [0.717, 1.165) is 10.0 Å². The summed E-state index contributed by atoms with van der Waals surface area (Å²) in [6.07, 6.45) is 1.52. The first-order valence-electron chi connectivity index (χ1n) is 8.68. The SMILES string of the molecule is CCOc1cc(C=NNC(=O)c2ccc(OC)cc2OC)cc(Br)c1OCC. The third kappa shape index (κ3) is 5.39. The molecule has 0 unspecified atom stereocenters. The van der Waals surface area contributed by atoms with E-state index >= 15 is 0 Å². The lowest BCUT2D eigenvalue weighted by molar-refractivity contribution is 0.0952. The molecule has 0 atom stereocenters. The first-order chi connectivity index (χ1) is 13.5. The van der Waals surface area contributed by atoms with Crippen molar-refractivity contribution in [2.24, 2.45) is 5.10 Å². The summed E-state index contributed by atoms with van der Waals surface area (Å²) in [5, 5.41) is 4.03. The Morgan fingerprint density at radius 2 is 1.82 bits per heavy atom. The Balaban J connectivity index is 2.17. The van der Waals surface area contributed by atoms with Gasteiger partial charge in [-0.1, -0.05) is 0 Å². The number of benzene rings is 2. The predicted molar refractivity (Wildman–Crippen MR) is 111 cm³/mol. The van der Waals surface area contributed by atoms with E-state index in [1.807, 2.05) is 19.9 Å². The van der Waals surface area contributed by atoms with Crippen LogP contribution in [0.15, 0.2) is 39.9 Å². The maximum atomic E-state index is 12.4. The zero-order valence-corrected chi connectivity index (χ0v) is 17.8. The van der Waals surface area contributed by atoms with E-state index < -0.39 is 5.91 Å². The lowest BCUT2D eigenvalue weighted by Crippen LogP contribution is -2.18. The maximum absolute atomic E-state index is 12.4. The lowest BCUT2D eigenvalue weighted by Gasteiger charge is -2.13. The molecule has 150 valence electrons. The predicted octanol–water partition coefficient (Wildman–Crippen LogP) is 4.03. The molecule has 0 heterocycles. The molecule has 0 aliphatic heterocycles. The smallest absolute Gasteiger partial charge is 0.275 e. The second-order valence-electron chi connectivity index (χ2n) is 5.46. The molecule has 0 saturated heterocycles. The average molecular weight is 451 g/mol. The number of ether oxygens (including phenoxy) is 4. The van der Waals surface area contributed by atoms with E-state index in [1.165, 1.54) is 13.3 Å². The molecule has 2 aromatic rings. The van der Waals surface area contributed by atoms with Gasteiger partial charge < -0.3 is 18.9 Å². The standard InChI is InChI=1S/C20H23BrN2O5/c1-5-27-18-10-13(9-16(21)19(18)28-6-2)12-22-23-20(24)15-8-7-14(25-3)11-17(15)26-4/h7-12H,5-6H2,1-4H3,(H,23,24). The van der Waals surface area contributed by atoms with Crippen molar-refractivity contribution in [2.75, 3.05) is 27.4 Å². The van der Waals surface area contributed by atoms with Gasteiger partial charge in [0.2, 0.25) is 0 Å². The van der Waals surface area contributed by atoms with Crippen LogP contribution in [0.5, 0.6) is 23.0 Å². The molecule has 1 N–H and O–H groups in total. The van der Waals surface area contributed by atoms with E-state index in [0.29, 0.717) is 41.8 Å². The minimum atomic E-state index is -0.397. The molecule has 2 rings (SSSR count). The van der Waals surface area contributed by atoms with Crippen LogP contribution in [0.1, 0.15) is 29.8 Å². The Bertz CT molecular complexity index is 855. The Morgan fingerprint density at radius 3 is 2.46 bits per heavy atom. The highest BCUT2D eigenvalue weighted by molar-refractivity contribution is 9.10. The van der Waals surface area contributed by atoms with Gasteiger partial charge in [-0.3, -0.25) is 4.79 Å². The van der Waals surface area contributed by atoms with Crippen LogP contribution in [-0.2, 0) is 0 Å². The highest BCUT2D eigenvalue weighted by Gasteiger charge is 2.13. The number of carbonyl (C=O) groups is 1. The van der Waals surface area contributed by atoms with Crippen LogP contribution in [0.25, 0.3) is 0 Å². The number of carbonyl (C=O) groups excluding carboxylic acids is 1. The fraction of sp³-hybridized carbons (Fsp3) is 0.300. The van der Waals surface area contributed by atoms with Gasteiger partial charge in [-0.25, -0.2) is 5.43 Å². The molecule has 0 bridgehead atoms. The van der Waals surface area contributed by atoms with Crippen molar-refractivity contribution in [3.63, 3.8) is 0 Å². The molecule has 28 heavy (non-hydrogen) atoms. The minimum absolute atomic E-state index is 0.350. The Labute approximate surface area is 172 Å². The first-order valence-corrected chi connectivity index (χ1v) is 9.47. The van der Waals surface area contributed by atoms with E-state index in [9.17, 15) is 4.79 Å². The van der Waals surface area contributed by atoms with Gasteiger partial charge >= 0.3 is 0 Å². The molecule has 0 aliphatic rings. The number of hydrogen-bond acceptors (Lipinski definition) is 6. The van der Waals surface area contributed by atoms with Crippen LogP contribution >= 0.6 is 15.9 Å². The summed E-state index contributed by atoms with van der Waals surface area (Å²) in [6, 6.07) is 8.55. The Kier molecular flexibility index (Phi) is 8.13. The van der Waals surface area contributed by atoms with E-state index in [1.54, 1.807) is 31.4 Å². The topological polar surface area (TPSA) is 78.4 Å². The van der Waals surface area contributed by atoms with Gasteiger partial charge in [0.1, 0.15) is 11.5 Å². The van der Waals surface area contributed by atoms with Gasteiger partial charge in [0.15, 0.2) is 11.5 Å². The molecule has 1 amide bonds. The van der Waals surface area contributed by atoms with Gasteiger partial charge in [0, 0.05) is 6.07 Å². The van der Waals surface area contributed by atoms with Gasteiger partial charge in [-0.15, -0.1) is 0 Å². The number of amides is 1. The summed E-state index contributed by atoms with van der Waals surface area (Å²) in [5.41, 5.74) is 3.58. The molecule has 0 aliphatic carbocycles. The third-order valence-electron chi connectivity index (χ3n) is 3.65. The van der Waals surface area contributed by atoms with Crippen molar-refractivity contribution >= 4 is 28.1 Å². The maximum Gasteiger partial charge on any atom is 0.275 e. The normalized spacial score (nSPS) is 10.6. The number of halogens is 1. The van der Waals surface area contributed by atoms with E-state index in [4.69, 9.17) is 18.9 Å². The van der Waals surface area contributed by atoms with Crippen LogP contribution in [0.2, 0.25) is 0 Å². The highest BCUT2D eigenvalue weighted by atomic mass is 79.9. The van der Waals surface area contributed by atoms with Crippen LogP contribution in [0.3, 0.4) is 0 Å². The molecular weight excluding hydrogens is 428 g/mol. The highest BCUT2D eigenvalue weighted by Crippen LogP contribution is 2.36. The average Bonchev–Trinajstić information content (AvgIpc) is 2.70. The van der Waals surface area contributed by atoms with Gasteiger partial charge in [-0.05, 0) is 59.6 Å². The van der Waals surface area contributed by atoms with Crippen molar-refractivity contribution in [1.29, 1.82) is 0 Å². The molecule has 0 fully saturated rings. The first kappa shape index (κ1) is 21.6. The largest absolute Gasteiger partial charge is 0.497 e. The fourth-order valence-electron chi connectivity index (χ4n) is 2.42. The lowest BCUT2D eigenvalue weighted by atomic mass is 10.2. The molecule has 0 aromatic heterocycles. The summed E-state index contributed by atoms with van der Waals surface area (Å²) < 4.78 is 22.3. The summed E-state index contributed by atoms with van der Waals surface area (Å²) in [4.78, 5) is 12.4. The number of methoxy groups -OCH3 is 2. The Morgan fingerprint density at radius 1 is 1.07 bits per heavy atom. The van der Waals surface area contributed by atoms with Crippen LogP contribution in [0.4, 0.5) is 0 Å². The summed E-state index contributed by atoms with van der Waals surface area (Å²) >= 11 is 3.48. The van der Waals surface area contributed by atoms with Crippen molar-refractivity contribution in [3.05, 3.63) is 45.9 Å². The number of nitrogens with one attached hydrogen (secondary N) is 1. The number of nitrogens with zero attached hydrogens (tertiary/aromatic N) is 1. The second kappa shape index (κ2) is 10.6. The minimum Gasteiger partial charge on any atom is -0.497 e. The molecule has 7 nitrogen and oxygen atoms in total. The van der Waals surface area contributed by atoms with Gasteiger partial charge in [-0.2, -0.15) is 5.10 Å². The van der Waals surface area contributed by atoms with Crippen molar-refractivity contribution in [2.45, 2.75) is 13.8 Å². The van der Waals surface area contributed by atoms with Crippen molar-refractivity contribution in [1.82, 2.24) is 5.43 Å². The van der Waals surface area contributed by atoms with Crippen molar-refractivity contribution < 1.29 is 23.7 Å². The van der Waals surface area contributed by atoms with Crippen LogP contribution in [0, 0.1) is 0 Å². The molecule has 0 radical (unpaired) electrons. The number of rotatable bonds is 9. The Hall–Kier alpha value is -2.74. The number of hydrazone groups is 1. The van der Waals surface area contributed by atoms with Gasteiger partial charge in [0.25, 0.3) is 5.91 Å². The zero-order valence-electron chi connectivity index (χ0n) is 16.2. The van der Waals surface area contributed by atoms with Gasteiger partial charge in [0.05, 0.1) is 43.7 Å². The quantitative estimate of drug-likeness (QED) is 0.460. The molecule has 8 heteroatoms.